The van der Waals surface area contributed by atoms with Crippen molar-refractivity contribution in [3.05, 3.63) is 35.4 Å². The molecule has 0 aliphatic heterocycles. The van der Waals surface area contributed by atoms with Gasteiger partial charge in [-0.15, -0.1) is 0 Å². The van der Waals surface area contributed by atoms with E-state index in [0.29, 0.717) is 5.92 Å². The van der Waals surface area contributed by atoms with Gasteiger partial charge >= 0.3 is 0 Å². The summed E-state index contributed by atoms with van der Waals surface area (Å²) in [7, 11) is 0. The highest BCUT2D eigenvalue weighted by Gasteiger charge is 2.13. The van der Waals surface area contributed by atoms with Crippen LogP contribution in [0.15, 0.2) is 29.4 Å². The lowest BCUT2D eigenvalue weighted by atomic mass is 9.86. The SMILES string of the molecule is CCCCC(CCCC)c1ccccc1C=NO. The number of oxime groups is 1. The highest BCUT2D eigenvalue weighted by Crippen LogP contribution is 2.29. The quantitative estimate of drug-likeness (QED) is 0.393. The second-order valence-electron chi connectivity index (χ2n) is 4.85. The van der Waals surface area contributed by atoms with Crippen molar-refractivity contribution in [3.63, 3.8) is 0 Å². The highest BCUT2D eigenvalue weighted by molar-refractivity contribution is 5.81. The number of hydrogen-bond acceptors (Lipinski definition) is 2. The Kier molecular flexibility index (Phi) is 7.16. The molecule has 100 valence electrons. The fraction of sp³-hybridized carbons (Fsp3) is 0.562. The Morgan fingerprint density at radius 1 is 1.11 bits per heavy atom. The zero-order valence-corrected chi connectivity index (χ0v) is 11.6. The van der Waals surface area contributed by atoms with Crippen LogP contribution in [-0.2, 0) is 0 Å². The van der Waals surface area contributed by atoms with Crippen molar-refractivity contribution in [1.29, 1.82) is 0 Å². The van der Waals surface area contributed by atoms with Crippen molar-refractivity contribution in [2.24, 2.45) is 5.16 Å². The second-order valence-corrected chi connectivity index (χ2v) is 4.85. The molecule has 0 unspecified atom stereocenters. The van der Waals surface area contributed by atoms with Gasteiger partial charge in [-0.05, 0) is 29.9 Å². The first-order chi connectivity index (χ1) is 8.83. The molecule has 1 aromatic rings. The van der Waals surface area contributed by atoms with Crippen molar-refractivity contribution in [2.45, 2.75) is 58.3 Å². The number of nitrogens with zero attached hydrogens (tertiary/aromatic N) is 1. The first-order valence-electron chi connectivity index (χ1n) is 7.09. The number of benzene rings is 1. The van der Waals surface area contributed by atoms with Crippen LogP contribution < -0.4 is 0 Å². The summed E-state index contributed by atoms with van der Waals surface area (Å²) in [6.07, 6.45) is 9.01. The third-order valence-electron chi connectivity index (χ3n) is 3.44. The summed E-state index contributed by atoms with van der Waals surface area (Å²) in [5.74, 6) is 0.596. The van der Waals surface area contributed by atoms with E-state index >= 15 is 0 Å². The number of rotatable bonds is 8. The van der Waals surface area contributed by atoms with Crippen LogP contribution >= 0.6 is 0 Å². The average Bonchev–Trinajstić information content (AvgIpc) is 2.40. The zero-order chi connectivity index (χ0) is 13.2. The van der Waals surface area contributed by atoms with Crippen LogP contribution in [-0.4, -0.2) is 11.4 Å². The lowest BCUT2D eigenvalue weighted by Gasteiger charge is -2.18. The summed E-state index contributed by atoms with van der Waals surface area (Å²) in [6.45, 7) is 4.47. The molecular formula is C16H25NO. The maximum absolute atomic E-state index is 8.75. The van der Waals surface area contributed by atoms with Gasteiger partial charge in [0, 0.05) is 0 Å². The molecule has 0 aliphatic rings. The minimum Gasteiger partial charge on any atom is -0.411 e. The maximum Gasteiger partial charge on any atom is 0.0736 e. The first-order valence-corrected chi connectivity index (χ1v) is 7.09. The molecule has 1 N–H and O–H groups in total. The molecular weight excluding hydrogens is 222 g/mol. The van der Waals surface area contributed by atoms with Crippen LogP contribution in [0.3, 0.4) is 0 Å². The fourth-order valence-corrected chi connectivity index (χ4v) is 2.42. The Morgan fingerprint density at radius 2 is 1.72 bits per heavy atom. The summed E-state index contributed by atoms with van der Waals surface area (Å²) in [5, 5.41) is 11.9. The summed E-state index contributed by atoms with van der Waals surface area (Å²) in [6, 6.07) is 8.28. The molecule has 0 spiro atoms. The third-order valence-corrected chi connectivity index (χ3v) is 3.44. The smallest absolute Gasteiger partial charge is 0.0736 e. The van der Waals surface area contributed by atoms with E-state index in [4.69, 9.17) is 5.21 Å². The molecule has 0 aromatic heterocycles. The molecule has 0 saturated carbocycles. The Morgan fingerprint density at radius 3 is 2.28 bits per heavy atom. The lowest BCUT2D eigenvalue weighted by Crippen LogP contribution is -2.03. The van der Waals surface area contributed by atoms with Crippen LogP contribution in [0.1, 0.15) is 69.4 Å². The monoisotopic (exact) mass is 247 g/mol. The summed E-state index contributed by atoms with van der Waals surface area (Å²) in [5.41, 5.74) is 2.38. The molecule has 0 heterocycles. The van der Waals surface area contributed by atoms with Crippen molar-refractivity contribution in [1.82, 2.24) is 0 Å². The largest absolute Gasteiger partial charge is 0.411 e. The van der Waals surface area contributed by atoms with Crippen LogP contribution in [0.2, 0.25) is 0 Å². The minimum atomic E-state index is 0.596. The van der Waals surface area contributed by atoms with E-state index in [1.807, 2.05) is 12.1 Å². The normalized spacial score (nSPS) is 11.5. The van der Waals surface area contributed by atoms with Gasteiger partial charge in [-0.2, -0.15) is 0 Å². The molecule has 1 aromatic carbocycles. The van der Waals surface area contributed by atoms with E-state index in [1.54, 1.807) is 6.21 Å². The third kappa shape index (κ3) is 4.52. The first kappa shape index (κ1) is 14.7. The standard InChI is InChI=1S/C16H25NO/c1-3-5-9-14(10-6-4-2)16-12-8-7-11-15(16)13-17-18/h7-8,11-14,18H,3-6,9-10H2,1-2H3. The summed E-state index contributed by atoms with van der Waals surface area (Å²) >= 11 is 0. The van der Waals surface area contributed by atoms with Crippen LogP contribution in [0, 0.1) is 0 Å². The predicted molar refractivity (Wildman–Crippen MR) is 77.6 cm³/mol. The van der Waals surface area contributed by atoms with Gasteiger partial charge < -0.3 is 5.21 Å². The summed E-state index contributed by atoms with van der Waals surface area (Å²) in [4.78, 5) is 0. The minimum absolute atomic E-state index is 0.596. The molecule has 1 rings (SSSR count). The Bertz CT molecular complexity index is 352. The Hall–Kier alpha value is -1.31. The van der Waals surface area contributed by atoms with Gasteiger partial charge in [-0.25, -0.2) is 0 Å². The molecule has 2 nitrogen and oxygen atoms in total. The van der Waals surface area contributed by atoms with Gasteiger partial charge in [0.05, 0.1) is 6.21 Å². The van der Waals surface area contributed by atoms with E-state index in [1.165, 1.54) is 44.1 Å². The van der Waals surface area contributed by atoms with Gasteiger partial charge in [-0.3, -0.25) is 0 Å². The molecule has 0 amide bonds. The number of unbranched alkanes of at least 4 members (excludes halogenated alkanes) is 2. The van der Waals surface area contributed by atoms with Crippen LogP contribution in [0.4, 0.5) is 0 Å². The average molecular weight is 247 g/mol. The van der Waals surface area contributed by atoms with Crippen LogP contribution in [0.5, 0.6) is 0 Å². The number of hydrogen-bond donors (Lipinski definition) is 1. The van der Waals surface area contributed by atoms with Gasteiger partial charge in [0.25, 0.3) is 0 Å². The molecule has 2 heteroatoms. The topological polar surface area (TPSA) is 32.6 Å². The molecule has 0 saturated heterocycles. The zero-order valence-electron chi connectivity index (χ0n) is 11.6. The molecule has 0 aliphatic carbocycles. The van der Waals surface area contributed by atoms with Crippen molar-refractivity contribution >= 4 is 6.21 Å². The molecule has 0 bridgehead atoms. The Balaban J connectivity index is 2.88. The van der Waals surface area contributed by atoms with E-state index < -0.39 is 0 Å². The van der Waals surface area contributed by atoms with Crippen molar-refractivity contribution < 1.29 is 5.21 Å². The van der Waals surface area contributed by atoms with E-state index in [2.05, 4.69) is 31.1 Å². The Labute approximate surface area is 111 Å². The molecule has 18 heavy (non-hydrogen) atoms. The fourth-order valence-electron chi connectivity index (χ4n) is 2.42. The van der Waals surface area contributed by atoms with Gasteiger partial charge in [-0.1, -0.05) is 69.0 Å². The van der Waals surface area contributed by atoms with Crippen molar-refractivity contribution in [2.75, 3.05) is 0 Å². The van der Waals surface area contributed by atoms with Gasteiger partial charge in [0.15, 0.2) is 0 Å². The summed E-state index contributed by atoms with van der Waals surface area (Å²) < 4.78 is 0. The lowest BCUT2D eigenvalue weighted by molar-refractivity contribution is 0.321. The van der Waals surface area contributed by atoms with Crippen molar-refractivity contribution in [3.8, 4) is 0 Å². The van der Waals surface area contributed by atoms with Gasteiger partial charge in [0.1, 0.15) is 0 Å². The van der Waals surface area contributed by atoms with E-state index in [9.17, 15) is 0 Å². The van der Waals surface area contributed by atoms with E-state index in [0.717, 1.165) is 5.56 Å². The van der Waals surface area contributed by atoms with Crippen LogP contribution in [0.25, 0.3) is 0 Å². The molecule has 0 radical (unpaired) electrons. The highest BCUT2D eigenvalue weighted by atomic mass is 16.4. The van der Waals surface area contributed by atoms with Gasteiger partial charge in [0.2, 0.25) is 0 Å². The predicted octanol–water partition coefficient (Wildman–Crippen LogP) is 4.96. The van der Waals surface area contributed by atoms with E-state index in [-0.39, 0.29) is 0 Å². The molecule has 0 fully saturated rings. The molecule has 0 atom stereocenters. The second kappa shape index (κ2) is 8.73. The maximum atomic E-state index is 8.75.